The fraction of sp³-hybridized carbons (Fsp3) is 0.333. The first kappa shape index (κ1) is 31.9. The van der Waals surface area contributed by atoms with Gasteiger partial charge >= 0.3 is 6.03 Å². The second-order valence-corrected chi connectivity index (χ2v) is 14.0. The molecule has 0 spiro atoms. The number of amidine groups is 1. The van der Waals surface area contributed by atoms with Crippen LogP contribution in [0.2, 0.25) is 10.0 Å². The molecule has 0 unspecified atom stereocenters. The molecule has 1 fully saturated rings. The molecule has 2 amide bonds. The average Bonchev–Trinajstić information content (AvgIpc) is 3.40. The number of urea groups is 1. The fourth-order valence-corrected chi connectivity index (χ4v) is 6.38. The molecule has 3 aromatic carbocycles. The number of ether oxygens (including phenoxy) is 1. The van der Waals surface area contributed by atoms with Crippen molar-refractivity contribution >= 4 is 44.9 Å². The second kappa shape index (κ2) is 13.6. The number of halogens is 2. The summed E-state index contributed by atoms with van der Waals surface area (Å²) < 4.78 is 29.5. The van der Waals surface area contributed by atoms with Crippen molar-refractivity contribution < 1.29 is 17.9 Å². The smallest absolute Gasteiger partial charge is 0.326 e. The lowest BCUT2D eigenvalue weighted by Crippen LogP contribution is -2.54. The van der Waals surface area contributed by atoms with Crippen LogP contribution in [0.15, 0.2) is 71.7 Å². The van der Waals surface area contributed by atoms with E-state index in [1.54, 1.807) is 15.9 Å². The zero-order valence-corrected chi connectivity index (χ0v) is 26.9. The summed E-state index contributed by atoms with van der Waals surface area (Å²) in [4.78, 5) is 25.5. The molecule has 3 aromatic rings. The van der Waals surface area contributed by atoms with Gasteiger partial charge in [-0.15, -0.1) is 6.42 Å². The molecule has 8 nitrogen and oxygen atoms in total. The summed E-state index contributed by atoms with van der Waals surface area (Å²) >= 11 is 12.5. The van der Waals surface area contributed by atoms with Gasteiger partial charge in [-0.3, -0.25) is 14.8 Å². The van der Waals surface area contributed by atoms with Crippen molar-refractivity contribution in [1.29, 1.82) is 0 Å². The predicted octanol–water partition coefficient (Wildman–Crippen LogP) is 5.70. The Morgan fingerprint density at radius 3 is 2.16 bits per heavy atom. The van der Waals surface area contributed by atoms with Gasteiger partial charge in [0.2, 0.25) is 0 Å². The molecule has 0 N–H and O–H groups in total. The monoisotopic (exact) mass is 652 g/mol. The fourth-order valence-electron chi connectivity index (χ4n) is 5.54. The van der Waals surface area contributed by atoms with E-state index >= 15 is 0 Å². The standard InChI is InChI=1S/C33H34Cl2N4O4S/c1-4-23-6-15-28(29(22-23)43-5-2)32-36-30(24-7-11-26(34)12-8-24)31(25-9-13-27(35)14-10-25)39(32)33(40)38-18-16-37(17-19-38)20-21-44(3,41)42/h1,6-15,22,30-31H,5,16-21H2,2-3H3/t30-,31+/m0/s1. The molecule has 5 rings (SSSR count). The Balaban J connectivity index is 1.58. The summed E-state index contributed by atoms with van der Waals surface area (Å²) in [5, 5.41) is 1.19. The van der Waals surface area contributed by atoms with Gasteiger partial charge in [-0.25, -0.2) is 13.2 Å². The number of sulfone groups is 1. The molecule has 2 aliphatic heterocycles. The molecule has 0 aromatic heterocycles. The Labute approximate surface area is 269 Å². The van der Waals surface area contributed by atoms with E-state index in [9.17, 15) is 13.2 Å². The topological polar surface area (TPSA) is 82.5 Å². The summed E-state index contributed by atoms with van der Waals surface area (Å²) in [6.07, 6.45) is 6.94. The van der Waals surface area contributed by atoms with Gasteiger partial charge in [0, 0.05) is 54.6 Å². The molecule has 0 bridgehead atoms. The van der Waals surface area contributed by atoms with E-state index in [0.717, 1.165) is 11.1 Å². The van der Waals surface area contributed by atoms with Crippen molar-refractivity contribution in [3.05, 3.63) is 99.0 Å². The third-order valence-corrected chi connectivity index (χ3v) is 9.23. The summed E-state index contributed by atoms with van der Waals surface area (Å²) in [7, 11) is -3.08. The van der Waals surface area contributed by atoms with Crippen LogP contribution < -0.4 is 4.74 Å². The Morgan fingerprint density at radius 1 is 0.977 bits per heavy atom. The highest BCUT2D eigenvalue weighted by Gasteiger charge is 2.45. The summed E-state index contributed by atoms with van der Waals surface area (Å²) in [5.74, 6) is 3.75. The molecule has 0 radical (unpaired) electrons. The zero-order chi connectivity index (χ0) is 31.4. The summed E-state index contributed by atoms with van der Waals surface area (Å²) in [5.41, 5.74) is 3.07. The Bertz CT molecular complexity index is 1680. The Morgan fingerprint density at radius 2 is 1.59 bits per heavy atom. The van der Waals surface area contributed by atoms with Gasteiger partial charge in [0.25, 0.3) is 0 Å². The minimum absolute atomic E-state index is 0.0825. The lowest BCUT2D eigenvalue weighted by Gasteiger charge is -2.39. The molecule has 2 atom stereocenters. The molecule has 2 aliphatic rings. The first-order chi connectivity index (χ1) is 21.1. The van der Waals surface area contributed by atoms with Gasteiger partial charge in [0.15, 0.2) is 0 Å². The largest absolute Gasteiger partial charge is 0.493 e. The lowest BCUT2D eigenvalue weighted by molar-refractivity contribution is 0.122. The number of benzene rings is 3. The quantitative estimate of drug-likeness (QED) is 0.292. The minimum Gasteiger partial charge on any atom is -0.493 e. The molecule has 230 valence electrons. The van der Waals surface area contributed by atoms with Crippen molar-refractivity contribution in [2.75, 3.05) is 51.3 Å². The number of hydrogen-bond donors (Lipinski definition) is 0. The number of hydrogen-bond acceptors (Lipinski definition) is 6. The second-order valence-electron chi connectivity index (χ2n) is 10.8. The van der Waals surface area contributed by atoms with Crippen LogP contribution in [0.5, 0.6) is 5.75 Å². The molecular weight excluding hydrogens is 619 g/mol. The van der Waals surface area contributed by atoms with Gasteiger partial charge in [0.05, 0.1) is 24.0 Å². The summed E-state index contributed by atoms with van der Waals surface area (Å²) in [6.45, 7) is 4.74. The number of rotatable bonds is 8. The van der Waals surface area contributed by atoms with E-state index < -0.39 is 21.9 Å². The van der Waals surface area contributed by atoms with Crippen LogP contribution in [0.25, 0.3) is 0 Å². The van der Waals surface area contributed by atoms with Crippen LogP contribution in [0.1, 0.15) is 41.3 Å². The lowest BCUT2D eigenvalue weighted by atomic mass is 9.93. The highest BCUT2D eigenvalue weighted by atomic mass is 35.5. The predicted molar refractivity (Wildman–Crippen MR) is 175 cm³/mol. The van der Waals surface area contributed by atoms with Crippen LogP contribution in [0, 0.1) is 12.3 Å². The van der Waals surface area contributed by atoms with Crippen molar-refractivity contribution in [3.63, 3.8) is 0 Å². The normalized spacial score (nSPS) is 19.0. The van der Waals surface area contributed by atoms with Gasteiger partial charge in [-0.2, -0.15) is 0 Å². The van der Waals surface area contributed by atoms with Crippen LogP contribution in [0.4, 0.5) is 4.79 Å². The van der Waals surface area contributed by atoms with Crippen molar-refractivity contribution in [2.24, 2.45) is 4.99 Å². The first-order valence-electron chi connectivity index (χ1n) is 14.4. The molecule has 11 heteroatoms. The highest BCUT2D eigenvalue weighted by Crippen LogP contribution is 2.45. The van der Waals surface area contributed by atoms with Crippen molar-refractivity contribution in [3.8, 4) is 18.1 Å². The number of carbonyl (C=O) groups is 1. The highest BCUT2D eigenvalue weighted by molar-refractivity contribution is 7.90. The Hall–Kier alpha value is -3.55. The molecule has 2 heterocycles. The zero-order valence-electron chi connectivity index (χ0n) is 24.6. The number of terminal acetylenes is 1. The van der Waals surface area contributed by atoms with Crippen LogP contribution >= 0.6 is 23.2 Å². The first-order valence-corrected chi connectivity index (χ1v) is 17.2. The van der Waals surface area contributed by atoms with Gasteiger partial charge in [0.1, 0.15) is 27.5 Å². The maximum Gasteiger partial charge on any atom is 0.326 e. The molecule has 0 saturated carbocycles. The number of amides is 2. The van der Waals surface area contributed by atoms with E-state index in [1.165, 1.54) is 6.26 Å². The van der Waals surface area contributed by atoms with Crippen LogP contribution in [0.3, 0.4) is 0 Å². The molecule has 1 saturated heterocycles. The van der Waals surface area contributed by atoms with Crippen LogP contribution in [-0.2, 0) is 9.84 Å². The number of piperazine rings is 1. The average molecular weight is 654 g/mol. The van der Waals surface area contributed by atoms with Crippen molar-refractivity contribution in [1.82, 2.24) is 14.7 Å². The van der Waals surface area contributed by atoms with E-state index in [4.69, 9.17) is 39.4 Å². The van der Waals surface area contributed by atoms with E-state index in [0.29, 0.717) is 72.1 Å². The van der Waals surface area contributed by atoms with Gasteiger partial charge in [-0.05, 0) is 60.5 Å². The van der Waals surface area contributed by atoms with Crippen LogP contribution in [-0.4, -0.2) is 86.3 Å². The molecule has 44 heavy (non-hydrogen) atoms. The minimum atomic E-state index is -3.08. The molecular formula is C33H34Cl2N4O4S. The van der Waals surface area contributed by atoms with E-state index in [-0.39, 0.29) is 11.8 Å². The van der Waals surface area contributed by atoms with Gasteiger partial charge in [-0.1, -0.05) is 53.4 Å². The number of carbonyl (C=O) groups excluding carboxylic acids is 1. The maximum atomic E-state index is 14.6. The maximum absolute atomic E-state index is 14.6. The van der Waals surface area contributed by atoms with E-state index in [1.807, 2.05) is 67.6 Å². The SMILES string of the molecule is C#Cc1ccc(C2=N[C@@H](c3ccc(Cl)cc3)[C@@H](c3ccc(Cl)cc3)N2C(=O)N2CCN(CCS(C)(=O)=O)CC2)c(OCC)c1. The third kappa shape index (κ3) is 7.22. The van der Waals surface area contributed by atoms with E-state index in [2.05, 4.69) is 10.8 Å². The number of nitrogens with zero attached hydrogens (tertiary/aromatic N) is 4. The summed E-state index contributed by atoms with van der Waals surface area (Å²) in [6, 6.07) is 19.3. The Kier molecular flexibility index (Phi) is 9.86. The third-order valence-electron chi connectivity index (χ3n) is 7.81. The van der Waals surface area contributed by atoms with Crippen molar-refractivity contribution in [2.45, 2.75) is 19.0 Å². The van der Waals surface area contributed by atoms with Gasteiger partial charge < -0.3 is 9.64 Å². The number of aliphatic imine (C=N–C) groups is 1. The molecule has 0 aliphatic carbocycles.